The minimum Gasteiger partial charge on any atom is -0.461 e. The third-order valence-corrected chi connectivity index (χ3v) is 5.69. The number of carbonyl (C=O) groups is 2. The highest BCUT2D eigenvalue weighted by Gasteiger charge is 2.56. The molecule has 0 N–H and O–H groups in total. The van der Waals surface area contributed by atoms with Gasteiger partial charge in [0.05, 0.1) is 12.2 Å². The summed E-state index contributed by atoms with van der Waals surface area (Å²) in [6, 6.07) is 8.75. The zero-order valence-corrected chi connectivity index (χ0v) is 17.7. The lowest BCUT2D eigenvalue weighted by Crippen LogP contribution is -2.33. The van der Waals surface area contributed by atoms with Crippen molar-refractivity contribution < 1.29 is 33.3 Å². The van der Waals surface area contributed by atoms with Gasteiger partial charge in [-0.3, -0.25) is 0 Å². The summed E-state index contributed by atoms with van der Waals surface area (Å²) < 4.78 is 28.6. The van der Waals surface area contributed by atoms with Gasteiger partial charge in [-0.2, -0.15) is 0 Å². The number of nitrogens with zero attached hydrogens (tertiary/aromatic N) is 1. The van der Waals surface area contributed by atoms with Crippen molar-refractivity contribution in [2.75, 3.05) is 13.2 Å². The van der Waals surface area contributed by atoms with Gasteiger partial charge in [0.25, 0.3) is 0 Å². The zero-order valence-electron chi connectivity index (χ0n) is 16.9. The summed E-state index contributed by atoms with van der Waals surface area (Å²) in [5.41, 5.74) is 0.695. The monoisotopic (exact) mass is 433 g/mol. The Morgan fingerprint density at radius 2 is 1.83 bits per heavy atom. The summed E-state index contributed by atoms with van der Waals surface area (Å²) in [5, 5.41) is 2.22. The Bertz CT molecular complexity index is 913. The van der Waals surface area contributed by atoms with Crippen LogP contribution in [0.3, 0.4) is 0 Å². The molecule has 0 aliphatic carbocycles. The van der Waals surface area contributed by atoms with Gasteiger partial charge in [-0.05, 0) is 32.9 Å². The van der Waals surface area contributed by atoms with E-state index in [1.165, 1.54) is 11.3 Å². The highest BCUT2D eigenvalue weighted by Crippen LogP contribution is 2.45. The van der Waals surface area contributed by atoms with Crippen molar-refractivity contribution in [3.63, 3.8) is 0 Å². The van der Waals surface area contributed by atoms with Gasteiger partial charge in [-0.15, -0.1) is 11.3 Å². The molecule has 0 unspecified atom stereocenters. The molecule has 0 amide bonds. The van der Waals surface area contributed by atoms with Gasteiger partial charge in [0, 0.05) is 5.38 Å². The van der Waals surface area contributed by atoms with Crippen LogP contribution in [0.15, 0.2) is 35.7 Å². The number of esters is 2. The molecule has 4 atom stereocenters. The average Bonchev–Trinajstić information content (AvgIpc) is 3.40. The molecule has 0 radical (unpaired) electrons. The molecule has 1 aromatic carbocycles. The van der Waals surface area contributed by atoms with Gasteiger partial charge in [0.1, 0.15) is 36.0 Å². The van der Waals surface area contributed by atoms with Crippen LogP contribution in [0.5, 0.6) is 0 Å². The number of hydrogen-bond donors (Lipinski definition) is 0. The minimum atomic E-state index is -0.805. The van der Waals surface area contributed by atoms with Crippen molar-refractivity contribution >= 4 is 23.3 Å². The first-order chi connectivity index (χ1) is 14.4. The van der Waals surface area contributed by atoms with Crippen LogP contribution in [0, 0.1) is 0 Å². The second-order valence-electron chi connectivity index (χ2n) is 7.42. The number of fused-ring (bicyclic) bond motifs is 1. The topological polar surface area (TPSA) is 93.2 Å². The van der Waals surface area contributed by atoms with Crippen LogP contribution in [0.4, 0.5) is 0 Å². The molecule has 1 aromatic heterocycles. The van der Waals surface area contributed by atoms with Crippen molar-refractivity contribution in [3.05, 3.63) is 52.0 Å². The number of benzene rings is 1. The van der Waals surface area contributed by atoms with Crippen molar-refractivity contribution in [2.45, 2.75) is 51.0 Å². The molecule has 2 aliphatic rings. The van der Waals surface area contributed by atoms with Gasteiger partial charge < -0.3 is 23.7 Å². The van der Waals surface area contributed by atoms with E-state index in [0.717, 1.165) is 0 Å². The molecular formula is C21H23NO7S. The molecule has 2 saturated heterocycles. The van der Waals surface area contributed by atoms with Crippen LogP contribution >= 0.6 is 11.3 Å². The summed E-state index contributed by atoms with van der Waals surface area (Å²) >= 11 is 1.29. The van der Waals surface area contributed by atoms with E-state index < -0.39 is 42.1 Å². The smallest absolute Gasteiger partial charge is 0.357 e. The first kappa shape index (κ1) is 20.9. The van der Waals surface area contributed by atoms with Gasteiger partial charge in [-0.25, -0.2) is 14.6 Å². The lowest BCUT2D eigenvalue weighted by molar-refractivity contribution is -0.191. The minimum absolute atomic E-state index is 0.0148. The molecule has 0 spiro atoms. The number of ether oxygens (including phenoxy) is 5. The molecule has 8 nitrogen and oxygen atoms in total. The zero-order chi connectivity index (χ0) is 21.3. The summed E-state index contributed by atoms with van der Waals surface area (Å²) in [6.07, 6.45) is -1.92. The lowest BCUT2D eigenvalue weighted by Gasteiger charge is -2.23. The van der Waals surface area contributed by atoms with E-state index in [0.29, 0.717) is 10.6 Å². The lowest BCUT2D eigenvalue weighted by atomic mass is 10.1. The van der Waals surface area contributed by atoms with Crippen molar-refractivity contribution in [1.82, 2.24) is 4.98 Å². The predicted octanol–water partition coefficient (Wildman–Crippen LogP) is 3.14. The largest absolute Gasteiger partial charge is 0.461 e. The first-order valence-corrected chi connectivity index (χ1v) is 10.6. The third-order valence-electron chi connectivity index (χ3n) is 4.79. The van der Waals surface area contributed by atoms with Crippen LogP contribution in [-0.2, 0) is 23.7 Å². The highest BCUT2D eigenvalue weighted by molar-refractivity contribution is 7.09. The predicted molar refractivity (Wildman–Crippen MR) is 106 cm³/mol. The second-order valence-corrected chi connectivity index (χ2v) is 8.31. The number of rotatable bonds is 6. The molecule has 0 saturated carbocycles. The normalized spacial score (nSPS) is 26.9. The van der Waals surface area contributed by atoms with E-state index >= 15 is 0 Å². The Balaban J connectivity index is 1.48. The Hall–Kier alpha value is -2.33. The number of thiazole rings is 1. The molecule has 2 aromatic rings. The molecule has 2 fully saturated rings. The molecule has 0 bridgehead atoms. The maximum Gasteiger partial charge on any atom is 0.357 e. The first-order valence-electron chi connectivity index (χ1n) is 9.74. The van der Waals surface area contributed by atoms with E-state index in [1.54, 1.807) is 36.6 Å². The van der Waals surface area contributed by atoms with E-state index in [4.69, 9.17) is 23.7 Å². The van der Waals surface area contributed by atoms with Crippen LogP contribution in [0.1, 0.15) is 52.7 Å². The molecule has 4 rings (SSSR count). The van der Waals surface area contributed by atoms with Gasteiger partial charge in [-0.1, -0.05) is 18.2 Å². The fraction of sp³-hybridized carbons (Fsp3) is 0.476. The molecule has 160 valence electrons. The molecular weight excluding hydrogens is 410 g/mol. The number of hydrogen-bond acceptors (Lipinski definition) is 9. The fourth-order valence-electron chi connectivity index (χ4n) is 3.55. The quantitative estimate of drug-likeness (QED) is 0.642. The van der Waals surface area contributed by atoms with Crippen molar-refractivity contribution in [2.24, 2.45) is 0 Å². The Labute approximate surface area is 178 Å². The third kappa shape index (κ3) is 4.24. The van der Waals surface area contributed by atoms with E-state index in [9.17, 15) is 9.59 Å². The summed E-state index contributed by atoms with van der Waals surface area (Å²) in [6.45, 7) is 5.67. The van der Waals surface area contributed by atoms with E-state index in [-0.39, 0.29) is 18.9 Å². The van der Waals surface area contributed by atoms with Crippen molar-refractivity contribution in [1.29, 1.82) is 0 Å². The summed E-state index contributed by atoms with van der Waals surface area (Å²) in [7, 11) is 0. The second kappa shape index (κ2) is 8.43. The SMILES string of the molecule is CCOC(=O)c1csc([C@@H]2O[C@H](COC(=O)c3ccccc3)[C@H]3OC(C)(C)O[C@H]32)n1. The Kier molecular flexibility index (Phi) is 5.88. The van der Waals surface area contributed by atoms with Crippen molar-refractivity contribution in [3.8, 4) is 0 Å². The van der Waals surface area contributed by atoms with Gasteiger partial charge in [0.15, 0.2) is 11.5 Å². The maximum absolute atomic E-state index is 12.3. The standard InChI is InChI=1S/C21H23NO7S/c1-4-25-20(24)13-11-30-18(22-13)17-16-15(28-21(2,3)29-16)14(27-17)10-26-19(23)12-8-6-5-7-9-12/h5-9,11,14-17H,4,10H2,1-3H3/t14-,15-,16-,17-/m1/s1. The average molecular weight is 433 g/mol. The van der Waals surface area contributed by atoms with E-state index in [1.807, 2.05) is 19.9 Å². The summed E-state index contributed by atoms with van der Waals surface area (Å²) in [5.74, 6) is -1.72. The fourth-order valence-corrected chi connectivity index (χ4v) is 4.40. The molecule has 9 heteroatoms. The molecule has 3 heterocycles. The Morgan fingerprint density at radius 1 is 1.10 bits per heavy atom. The van der Waals surface area contributed by atoms with Gasteiger partial charge >= 0.3 is 11.9 Å². The number of carbonyl (C=O) groups excluding carboxylic acids is 2. The van der Waals surface area contributed by atoms with Crippen LogP contribution in [-0.4, -0.2) is 54.2 Å². The van der Waals surface area contributed by atoms with Gasteiger partial charge in [0.2, 0.25) is 0 Å². The van der Waals surface area contributed by atoms with Crippen LogP contribution < -0.4 is 0 Å². The van der Waals surface area contributed by atoms with Crippen LogP contribution in [0.25, 0.3) is 0 Å². The Morgan fingerprint density at radius 3 is 2.57 bits per heavy atom. The maximum atomic E-state index is 12.3. The number of aromatic nitrogens is 1. The summed E-state index contributed by atoms with van der Waals surface area (Å²) in [4.78, 5) is 28.6. The van der Waals surface area contributed by atoms with Crippen LogP contribution in [0.2, 0.25) is 0 Å². The van der Waals surface area contributed by atoms with E-state index in [2.05, 4.69) is 4.98 Å². The molecule has 30 heavy (non-hydrogen) atoms. The highest BCUT2D eigenvalue weighted by atomic mass is 32.1. The molecule has 2 aliphatic heterocycles.